The second-order valence-corrected chi connectivity index (χ2v) is 4.41. The topological polar surface area (TPSA) is 62.1 Å². The summed E-state index contributed by atoms with van der Waals surface area (Å²) in [6.07, 6.45) is 0. The fourth-order valence-electron chi connectivity index (χ4n) is 1.78. The van der Waals surface area contributed by atoms with Gasteiger partial charge >= 0.3 is 0 Å². The monoisotopic (exact) mass is 284 g/mol. The molecule has 0 spiro atoms. The van der Waals surface area contributed by atoms with Gasteiger partial charge in [-0.1, -0.05) is 12.1 Å². The van der Waals surface area contributed by atoms with E-state index in [-0.39, 0.29) is 12.2 Å². The maximum Gasteiger partial charge on any atom is 0.258 e. The van der Waals surface area contributed by atoms with Crippen molar-refractivity contribution in [2.75, 3.05) is 11.9 Å². The van der Waals surface area contributed by atoms with Crippen LogP contribution in [0, 0.1) is 24.1 Å². The van der Waals surface area contributed by atoms with E-state index < -0.39 is 11.7 Å². The van der Waals surface area contributed by atoms with Crippen LogP contribution < -0.4 is 10.1 Å². The molecule has 2 aromatic carbocycles. The highest BCUT2D eigenvalue weighted by molar-refractivity contribution is 6.04. The van der Waals surface area contributed by atoms with E-state index >= 15 is 0 Å². The van der Waals surface area contributed by atoms with Crippen molar-refractivity contribution in [3.63, 3.8) is 0 Å². The van der Waals surface area contributed by atoms with Crippen LogP contribution in [0.3, 0.4) is 0 Å². The average molecular weight is 284 g/mol. The fourth-order valence-corrected chi connectivity index (χ4v) is 1.78. The zero-order valence-corrected chi connectivity index (χ0v) is 11.4. The van der Waals surface area contributed by atoms with Crippen molar-refractivity contribution in [1.82, 2.24) is 0 Å². The molecule has 0 aliphatic carbocycles. The van der Waals surface area contributed by atoms with Gasteiger partial charge in [-0.05, 0) is 36.8 Å². The van der Waals surface area contributed by atoms with Gasteiger partial charge in [-0.2, -0.15) is 5.26 Å². The molecule has 0 aliphatic rings. The minimum Gasteiger partial charge on any atom is -0.479 e. The number of ether oxygens (including phenoxy) is 1. The van der Waals surface area contributed by atoms with E-state index in [2.05, 4.69) is 5.32 Å². The van der Waals surface area contributed by atoms with Crippen molar-refractivity contribution in [1.29, 1.82) is 5.26 Å². The van der Waals surface area contributed by atoms with E-state index in [0.717, 1.165) is 5.56 Å². The normalized spacial score (nSPS) is 9.76. The van der Waals surface area contributed by atoms with Crippen molar-refractivity contribution in [3.8, 4) is 11.8 Å². The summed E-state index contributed by atoms with van der Waals surface area (Å²) in [5, 5.41) is 11.1. The Morgan fingerprint density at radius 3 is 2.86 bits per heavy atom. The fraction of sp³-hybridized carbons (Fsp3) is 0.125. The van der Waals surface area contributed by atoms with Crippen molar-refractivity contribution in [3.05, 3.63) is 59.4 Å². The number of amides is 1. The molecule has 0 saturated carbocycles. The zero-order valence-electron chi connectivity index (χ0n) is 11.4. The van der Waals surface area contributed by atoms with Crippen molar-refractivity contribution < 1.29 is 13.9 Å². The number of hydrogen-bond donors (Lipinski definition) is 1. The van der Waals surface area contributed by atoms with Crippen LogP contribution >= 0.6 is 0 Å². The number of carbonyl (C=O) groups is 1. The first-order valence-electron chi connectivity index (χ1n) is 6.27. The minimum absolute atomic E-state index is 0.0241. The Hall–Kier alpha value is -2.87. The lowest BCUT2D eigenvalue weighted by molar-refractivity contribution is 0.102. The van der Waals surface area contributed by atoms with Gasteiger partial charge in [0.05, 0.1) is 5.56 Å². The minimum atomic E-state index is -0.565. The lowest BCUT2D eigenvalue weighted by Crippen LogP contribution is -2.13. The summed E-state index contributed by atoms with van der Waals surface area (Å²) in [7, 11) is 0. The van der Waals surface area contributed by atoms with Crippen LogP contribution in [-0.4, -0.2) is 12.5 Å². The number of nitrogens with one attached hydrogen (secondary N) is 1. The van der Waals surface area contributed by atoms with Crippen molar-refractivity contribution in [2.24, 2.45) is 0 Å². The standard InChI is InChI=1S/C16H13FN2O2/c1-11-5-6-14(15(17)9-11)16(20)19-12-3-2-4-13(10-12)21-8-7-18/h2-6,9-10H,8H2,1H3,(H,19,20). The third-order valence-electron chi connectivity index (χ3n) is 2.76. The first-order valence-corrected chi connectivity index (χ1v) is 6.27. The third-order valence-corrected chi connectivity index (χ3v) is 2.76. The molecular formula is C16H13FN2O2. The van der Waals surface area contributed by atoms with E-state index in [1.165, 1.54) is 12.1 Å². The van der Waals surface area contributed by atoms with E-state index in [1.54, 1.807) is 37.3 Å². The number of hydrogen-bond acceptors (Lipinski definition) is 3. The summed E-state index contributed by atoms with van der Waals surface area (Å²) in [5.74, 6) is -0.645. The number of aryl methyl sites for hydroxylation is 1. The van der Waals surface area contributed by atoms with E-state index in [4.69, 9.17) is 10.00 Å². The van der Waals surface area contributed by atoms with Crippen LogP contribution in [0.15, 0.2) is 42.5 Å². The first kappa shape index (κ1) is 14.5. The smallest absolute Gasteiger partial charge is 0.258 e. The number of rotatable bonds is 4. The van der Waals surface area contributed by atoms with E-state index in [1.807, 2.05) is 6.07 Å². The largest absolute Gasteiger partial charge is 0.479 e. The van der Waals surface area contributed by atoms with Crippen LogP contribution in [0.5, 0.6) is 5.75 Å². The molecule has 0 saturated heterocycles. The molecule has 2 rings (SSSR count). The second kappa shape index (κ2) is 6.53. The zero-order chi connectivity index (χ0) is 15.2. The summed E-state index contributed by atoms with van der Waals surface area (Å²) < 4.78 is 18.9. The summed E-state index contributed by atoms with van der Waals surface area (Å²) in [4.78, 5) is 12.0. The van der Waals surface area contributed by atoms with Crippen LogP contribution in [0.4, 0.5) is 10.1 Å². The van der Waals surface area contributed by atoms with Gasteiger partial charge in [0.25, 0.3) is 5.91 Å². The highest BCUT2D eigenvalue weighted by Gasteiger charge is 2.12. The molecule has 0 heterocycles. The summed E-state index contributed by atoms with van der Waals surface area (Å²) >= 11 is 0. The molecular weight excluding hydrogens is 271 g/mol. The van der Waals surface area contributed by atoms with Crippen LogP contribution in [0.1, 0.15) is 15.9 Å². The second-order valence-electron chi connectivity index (χ2n) is 4.41. The molecule has 0 radical (unpaired) electrons. The molecule has 4 nitrogen and oxygen atoms in total. The molecule has 0 aromatic heterocycles. The number of benzene rings is 2. The van der Waals surface area contributed by atoms with Crippen molar-refractivity contribution in [2.45, 2.75) is 6.92 Å². The Balaban J connectivity index is 2.14. The van der Waals surface area contributed by atoms with Gasteiger partial charge < -0.3 is 10.1 Å². The number of anilines is 1. The van der Waals surface area contributed by atoms with Gasteiger partial charge in [0.2, 0.25) is 0 Å². The van der Waals surface area contributed by atoms with Crippen molar-refractivity contribution >= 4 is 11.6 Å². The number of nitriles is 1. The van der Waals surface area contributed by atoms with Gasteiger partial charge in [-0.15, -0.1) is 0 Å². The molecule has 0 aliphatic heterocycles. The molecule has 0 bridgehead atoms. The van der Waals surface area contributed by atoms with Crippen LogP contribution in [0.2, 0.25) is 0 Å². The lowest BCUT2D eigenvalue weighted by Gasteiger charge is -2.08. The molecule has 106 valence electrons. The molecule has 0 unspecified atom stereocenters. The third kappa shape index (κ3) is 3.80. The Bertz CT molecular complexity index is 708. The maximum absolute atomic E-state index is 13.7. The highest BCUT2D eigenvalue weighted by Crippen LogP contribution is 2.19. The molecule has 1 N–H and O–H groups in total. The Morgan fingerprint density at radius 2 is 2.14 bits per heavy atom. The predicted octanol–water partition coefficient (Wildman–Crippen LogP) is 3.29. The Morgan fingerprint density at radius 1 is 1.33 bits per heavy atom. The van der Waals surface area contributed by atoms with Crippen LogP contribution in [0.25, 0.3) is 0 Å². The summed E-state index contributed by atoms with van der Waals surface area (Å²) in [6, 6.07) is 12.8. The van der Waals surface area contributed by atoms with Gasteiger partial charge in [-0.3, -0.25) is 4.79 Å². The van der Waals surface area contributed by atoms with Gasteiger partial charge in [-0.25, -0.2) is 4.39 Å². The average Bonchev–Trinajstić information content (AvgIpc) is 2.45. The van der Waals surface area contributed by atoms with E-state index in [0.29, 0.717) is 11.4 Å². The molecule has 2 aromatic rings. The van der Waals surface area contributed by atoms with Gasteiger partial charge in [0.1, 0.15) is 17.6 Å². The lowest BCUT2D eigenvalue weighted by atomic mass is 10.1. The molecule has 5 heteroatoms. The van der Waals surface area contributed by atoms with Gasteiger partial charge in [0, 0.05) is 11.8 Å². The maximum atomic E-state index is 13.7. The van der Waals surface area contributed by atoms with Gasteiger partial charge in [0.15, 0.2) is 6.61 Å². The Kier molecular flexibility index (Phi) is 4.52. The summed E-state index contributed by atoms with van der Waals surface area (Å²) in [6.45, 7) is 1.67. The number of halogens is 1. The van der Waals surface area contributed by atoms with Crippen LogP contribution in [-0.2, 0) is 0 Å². The highest BCUT2D eigenvalue weighted by atomic mass is 19.1. The quantitative estimate of drug-likeness (QED) is 0.937. The Labute approximate surface area is 121 Å². The predicted molar refractivity (Wildman–Crippen MR) is 76.6 cm³/mol. The first-order chi connectivity index (χ1) is 10.1. The molecule has 1 amide bonds. The number of carbonyl (C=O) groups excluding carboxylic acids is 1. The van der Waals surface area contributed by atoms with E-state index in [9.17, 15) is 9.18 Å². The molecule has 0 fully saturated rings. The summed E-state index contributed by atoms with van der Waals surface area (Å²) in [5.41, 5.74) is 1.19. The SMILES string of the molecule is Cc1ccc(C(=O)Nc2cccc(OCC#N)c2)c(F)c1. The molecule has 21 heavy (non-hydrogen) atoms. The molecule has 0 atom stereocenters. The number of nitrogens with zero attached hydrogens (tertiary/aromatic N) is 1.